The Morgan fingerprint density at radius 3 is 2.73 bits per heavy atom. The van der Waals surface area contributed by atoms with Gasteiger partial charge in [0.05, 0.1) is 6.10 Å². The van der Waals surface area contributed by atoms with E-state index >= 15 is 0 Å². The number of hydrogen-bond acceptors (Lipinski definition) is 2. The van der Waals surface area contributed by atoms with Crippen LogP contribution in [0.4, 0.5) is 4.79 Å². The van der Waals surface area contributed by atoms with Gasteiger partial charge in [-0.25, -0.2) is 4.79 Å². The second kappa shape index (κ2) is 4.84. The van der Waals surface area contributed by atoms with Crippen LogP contribution in [0.5, 0.6) is 0 Å². The highest BCUT2D eigenvalue weighted by atomic mass is 16.3. The fourth-order valence-electron chi connectivity index (χ4n) is 2.15. The Bertz CT molecular complexity index is 229. The first kappa shape index (κ1) is 10.7. The lowest BCUT2D eigenvalue weighted by molar-refractivity contribution is 0.101. The van der Waals surface area contributed by atoms with Gasteiger partial charge < -0.3 is 15.7 Å². The fraction of sp³-hybridized carbons (Fsp3) is 0.909. The lowest BCUT2D eigenvalue weighted by atomic mass is 9.87. The van der Waals surface area contributed by atoms with Crippen LogP contribution in [0.1, 0.15) is 38.5 Å². The first-order valence-electron chi connectivity index (χ1n) is 5.96. The summed E-state index contributed by atoms with van der Waals surface area (Å²) in [6.45, 7) is 0.704. The molecule has 2 saturated carbocycles. The second-order valence-electron chi connectivity index (χ2n) is 4.82. The normalized spacial score (nSPS) is 31.0. The van der Waals surface area contributed by atoms with Crippen molar-refractivity contribution in [3.05, 3.63) is 0 Å². The van der Waals surface area contributed by atoms with Gasteiger partial charge in [-0.1, -0.05) is 6.42 Å². The van der Waals surface area contributed by atoms with Crippen LogP contribution in [0.3, 0.4) is 0 Å². The lowest BCUT2D eigenvalue weighted by Gasteiger charge is -2.25. The standard InChI is InChI=1S/C11H20N2O2/c14-10-3-1-2-8(6-10)7-12-11(15)13-9-4-5-9/h8-10,14H,1-7H2,(H2,12,13,15). The molecule has 0 heterocycles. The number of aliphatic hydroxyl groups excluding tert-OH is 1. The maximum atomic E-state index is 11.3. The predicted octanol–water partition coefficient (Wildman–Crippen LogP) is 0.999. The number of carbonyl (C=O) groups excluding carboxylic acids is 1. The number of hydrogen-bond donors (Lipinski definition) is 3. The monoisotopic (exact) mass is 212 g/mol. The van der Waals surface area contributed by atoms with E-state index in [4.69, 9.17) is 0 Å². The quantitative estimate of drug-likeness (QED) is 0.653. The number of aliphatic hydroxyl groups is 1. The molecule has 0 radical (unpaired) electrons. The minimum Gasteiger partial charge on any atom is -0.393 e. The minimum absolute atomic E-state index is 0.0439. The van der Waals surface area contributed by atoms with Crippen molar-refractivity contribution in [3.63, 3.8) is 0 Å². The van der Waals surface area contributed by atoms with E-state index in [1.807, 2.05) is 0 Å². The van der Waals surface area contributed by atoms with Gasteiger partial charge in [0, 0.05) is 12.6 Å². The van der Waals surface area contributed by atoms with Crippen LogP contribution in [0.25, 0.3) is 0 Å². The van der Waals surface area contributed by atoms with Gasteiger partial charge in [-0.3, -0.25) is 0 Å². The molecule has 0 aromatic heterocycles. The van der Waals surface area contributed by atoms with E-state index in [1.54, 1.807) is 0 Å². The Labute approximate surface area is 90.4 Å². The third-order valence-corrected chi connectivity index (χ3v) is 3.22. The van der Waals surface area contributed by atoms with Gasteiger partial charge in [0.2, 0.25) is 0 Å². The summed E-state index contributed by atoms with van der Waals surface area (Å²) in [5.41, 5.74) is 0. The van der Waals surface area contributed by atoms with Gasteiger partial charge in [0.15, 0.2) is 0 Å². The Hall–Kier alpha value is -0.770. The van der Waals surface area contributed by atoms with Crippen molar-refractivity contribution in [3.8, 4) is 0 Å². The highest BCUT2D eigenvalue weighted by Crippen LogP contribution is 2.23. The molecule has 4 heteroatoms. The first-order chi connectivity index (χ1) is 7.24. The average Bonchev–Trinajstić information content (AvgIpc) is 2.99. The van der Waals surface area contributed by atoms with Crippen LogP contribution < -0.4 is 10.6 Å². The smallest absolute Gasteiger partial charge is 0.315 e. The second-order valence-corrected chi connectivity index (χ2v) is 4.82. The molecule has 0 aliphatic heterocycles. The van der Waals surface area contributed by atoms with Gasteiger partial charge in [0.1, 0.15) is 0 Å². The maximum Gasteiger partial charge on any atom is 0.315 e. The largest absolute Gasteiger partial charge is 0.393 e. The lowest BCUT2D eigenvalue weighted by Crippen LogP contribution is -2.40. The maximum absolute atomic E-state index is 11.3. The van der Waals surface area contributed by atoms with Crippen molar-refractivity contribution < 1.29 is 9.90 Å². The minimum atomic E-state index is -0.156. The Morgan fingerprint density at radius 1 is 1.27 bits per heavy atom. The van der Waals surface area contributed by atoms with Crippen LogP contribution in [0.15, 0.2) is 0 Å². The number of urea groups is 1. The van der Waals surface area contributed by atoms with Gasteiger partial charge >= 0.3 is 6.03 Å². The van der Waals surface area contributed by atoms with Gasteiger partial charge in [-0.05, 0) is 38.0 Å². The fourth-order valence-corrected chi connectivity index (χ4v) is 2.15. The molecule has 2 amide bonds. The van der Waals surface area contributed by atoms with Crippen LogP contribution in [-0.4, -0.2) is 29.8 Å². The van der Waals surface area contributed by atoms with E-state index in [2.05, 4.69) is 10.6 Å². The van der Waals surface area contributed by atoms with Gasteiger partial charge in [-0.15, -0.1) is 0 Å². The van der Waals surface area contributed by atoms with Crippen LogP contribution in [0.2, 0.25) is 0 Å². The summed E-state index contributed by atoms with van der Waals surface area (Å²) in [4.78, 5) is 11.3. The number of amides is 2. The predicted molar refractivity (Wildman–Crippen MR) is 57.5 cm³/mol. The Morgan fingerprint density at radius 2 is 2.07 bits per heavy atom. The number of nitrogens with one attached hydrogen (secondary N) is 2. The first-order valence-corrected chi connectivity index (χ1v) is 5.96. The van der Waals surface area contributed by atoms with Crippen molar-refractivity contribution in [2.45, 2.75) is 50.7 Å². The van der Waals surface area contributed by atoms with E-state index in [0.717, 1.165) is 38.5 Å². The van der Waals surface area contributed by atoms with Crippen molar-refractivity contribution in [1.82, 2.24) is 10.6 Å². The average molecular weight is 212 g/mol. The van der Waals surface area contributed by atoms with Gasteiger partial charge in [0.25, 0.3) is 0 Å². The van der Waals surface area contributed by atoms with E-state index in [0.29, 0.717) is 18.5 Å². The van der Waals surface area contributed by atoms with Gasteiger partial charge in [-0.2, -0.15) is 0 Å². The van der Waals surface area contributed by atoms with Crippen LogP contribution >= 0.6 is 0 Å². The Balaban J connectivity index is 1.61. The van der Waals surface area contributed by atoms with E-state index in [1.165, 1.54) is 0 Å². The molecule has 2 aliphatic rings. The van der Waals surface area contributed by atoms with Crippen molar-refractivity contribution in [2.24, 2.45) is 5.92 Å². The summed E-state index contributed by atoms with van der Waals surface area (Å²) < 4.78 is 0. The molecule has 15 heavy (non-hydrogen) atoms. The third kappa shape index (κ3) is 3.70. The molecule has 2 aliphatic carbocycles. The molecule has 0 bridgehead atoms. The van der Waals surface area contributed by atoms with Crippen molar-refractivity contribution in [1.29, 1.82) is 0 Å². The molecule has 2 rings (SSSR count). The molecule has 0 saturated heterocycles. The highest BCUT2D eigenvalue weighted by Gasteiger charge is 2.24. The van der Waals surface area contributed by atoms with E-state index in [9.17, 15) is 9.90 Å². The zero-order valence-electron chi connectivity index (χ0n) is 9.04. The molecule has 2 unspecified atom stereocenters. The molecule has 0 aromatic rings. The molecule has 0 spiro atoms. The summed E-state index contributed by atoms with van der Waals surface area (Å²) in [5, 5.41) is 15.2. The van der Waals surface area contributed by atoms with Crippen LogP contribution in [0, 0.1) is 5.92 Å². The molecular formula is C11H20N2O2. The number of rotatable bonds is 3. The number of carbonyl (C=O) groups is 1. The van der Waals surface area contributed by atoms with E-state index in [-0.39, 0.29) is 12.1 Å². The summed E-state index contributed by atoms with van der Waals surface area (Å²) in [6.07, 6.45) is 6.05. The van der Waals surface area contributed by atoms with Crippen molar-refractivity contribution >= 4 is 6.03 Å². The third-order valence-electron chi connectivity index (χ3n) is 3.22. The van der Waals surface area contributed by atoms with E-state index < -0.39 is 0 Å². The highest BCUT2D eigenvalue weighted by molar-refractivity contribution is 5.74. The molecular weight excluding hydrogens is 192 g/mol. The molecule has 0 aromatic carbocycles. The van der Waals surface area contributed by atoms with Crippen LogP contribution in [-0.2, 0) is 0 Å². The molecule has 4 nitrogen and oxygen atoms in total. The molecule has 2 atom stereocenters. The molecule has 3 N–H and O–H groups in total. The molecule has 2 fully saturated rings. The zero-order valence-corrected chi connectivity index (χ0v) is 9.04. The Kier molecular flexibility index (Phi) is 3.46. The SMILES string of the molecule is O=C(NCC1CCCC(O)C1)NC1CC1. The summed E-state index contributed by atoms with van der Waals surface area (Å²) in [7, 11) is 0. The topological polar surface area (TPSA) is 61.4 Å². The summed E-state index contributed by atoms with van der Waals surface area (Å²) in [6, 6.07) is 0.375. The summed E-state index contributed by atoms with van der Waals surface area (Å²) in [5.74, 6) is 0.457. The zero-order chi connectivity index (χ0) is 10.7. The van der Waals surface area contributed by atoms with Crippen molar-refractivity contribution in [2.75, 3.05) is 6.54 Å². The molecule has 86 valence electrons. The summed E-state index contributed by atoms with van der Waals surface area (Å²) >= 11 is 0.